The second-order valence-corrected chi connectivity index (χ2v) is 17.8. The summed E-state index contributed by atoms with van der Waals surface area (Å²) >= 11 is 0. The first-order chi connectivity index (χ1) is 32.0. The van der Waals surface area contributed by atoms with Crippen LogP contribution in [-0.2, 0) is 28.6 Å². The molecule has 0 unspecified atom stereocenters. The van der Waals surface area contributed by atoms with E-state index in [-0.39, 0.29) is 37.5 Å². The maximum Gasteiger partial charge on any atom is 0.306 e. The highest BCUT2D eigenvalue weighted by atomic mass is 16.6. The minimum absolute atomic E-state index is 0.101. The number of esters is 3. The van der Waals surface area contributed by atoms with Crippen molar-refractivity contribution in [3.8, 4) is 0 Å². The van der Waals surface area contributed by atoms with Gasteiger partial charge in [-0.15, -0.1) is 0 Å². The fraction of sp³-hybridized carbons (Fsp3) is 0.712. The van der Waals surface area contributed by atoms with Crippen LogP contribution in [0, 0.1) is 0 Å². The van der Waals surface area contributed by atoms with E-state index in [4.69, 9.17) is 14.2 Å². The lowest BCUT2D eigenvalue weighted by Crippen LogP contribution is -2.30. The molecule has 0 bridgehead atoms. The smallest absolute Gasteiger partial charge is 0.306 e. The van der Waals surface area contributed by atoms with E-state index in [1.54, 1.807) is 0 Å². The Balaban J connectivity index is 4.49. The fourth-order valence-corrected chi connectivity index (χ4v) is 7.33. The van der Waals surface area contributed by atoms with Gasteiger partial charge in [0.25, 0.3) is 0 Å². The normalized spacial score (nSPS) is 12.7. The van der Waals surface area contributed by atoms with Crippen molar-refractivity contribution in [2.45, 2.75) is 258 Å². The Hall–Kier alpha value is -3.41. The molecule has 0 spiro atoms. The molecule has 0 N–H and O–H groups in total. The number of carbonyl (C=O) groups excluding carboxylic acids is 3. The van der Waals surface area contributed by atoms with E-state index in [0.29, 0.717) is 19.3 Å². The second-order valence-electron chi connectivity index (χ2n) is 17.8. The first-order valence-corrected chi connectivity index (χ1v) is 27.1. The lowest BCUT2D eigenvalue weighted by Gasteiger charge is -2.18. The summed E-state index contributed by atoms with van der Waals surface area (Å²) in [5.74, 6) is -0.970. The summed E-state index contributed by atoms with van der Waals surface area (Å²) < 4.78 is 16.8. The molecule has 0 saturated heterocycles. The van der Waals surface area contributed by atoms with Crippen LogP contribution >= 0.6 is 0 Å². The number of unbranched alkanes of at least 4 members (excludes halogenated alkanes) is 23. The molecule has 0 fully saturated rings. The number of allylic oxidation sites excluding steroid dienone is 14. The fourth-order valence-electron chi connectivity index (χ4n) is 7.33. The van der Waals surface area contributed by atoms with Crippen LogP contribution in [0.2, 0.25) is 0 Å². The van der Waals surface area contributed by atoms with Crippen molar-refractivity contribution >= 4 is 17.9 Å². The lowest BCUT2D eigenvalue weighted by molar-refractivity contribution is -0.167. The first-order valence-electron chi connectivity index (χ1n) is 27.1. The van der Waals surface area contributed by atoms with Gasteiger partial charge >= 0.3 is 17.9 Å². The zero-order valence-corrected chi connectivity index (χ0v) is 42.5. The monoisotopic (exact) mass is 905 g/mol. The van der Waals surface area contributed by atoms with Crippen LogP contribution in [0.1, 0.15) is 252 Å². The summed E-state index contributed by atoms with van der Waals surface area (Å²) in [5, 5.41) is 0. The highest BCUT2D eigenvalue weighted by Crippen LogP contribution is 2.15. The topological polar surface area (TPSA) is 78.9 Å². The Kier molecular flexibility index (Phi) is 50.4. The predicted octanol–water partition coefficient (Wildman–Crippen LogP) is 18.0. The van der Waals surface area contributed by atoms with Gasteiger partial charge in [0.15, 0.2) is 6.10 Å². The summed E-state index contributed by atoms with van der Waals surface area (Å²) in [7, 11) is 0. The largest absolute Gasteiger partial charge is 0.462 e. The molecule has 6 nitrogen and oxygen atoms in total. The van der Waals surface area contributed by atoms with Crippen molar-refractivity contribution in [2.75, 3.05) is 13.2 Å². The molecule has 0 aliphatic heterocycles. The molecule has 372 valence electrons. The molecule has 0 saturated carbocycles. The zero-order valence-electron chi connectivity index (χ0n) is 42.5. The number of hydrogen-bond donors (Lipinski definition) is 0. The van der Waals surface area contributed by atoms with Crippen LogP contribution in [-0.4, -0.2) is 37.2 Å². The number of ether oxygens (including phenoxy) is 3. The third kappa shape index (κ3) is 51.4. The van der Waals surface area contributed by atoms with Crippen LogP contribution in [0.4, 0.5) is 0 Å². The molecular weight excluding hydrogens is 805 g/mol. The Morgan fingerprint density at radius 3 is 1.03 bits per heavy atom. The van der Waals surface area contributed by atoms with E-state index in [0.717, 1.165) is 103 Å². The molecule has 6 heteroatoms. The number of hydrogen-bond acceptors (Lipinski definition) is 6. The minimum atomic E-state index is -0.804. The van der Waals surface area contributed by atoms with Crippen molar-refractivity contribution < 1.29 is 28.6 Å². The SMILES string of the molecule is CC/C=C\C/C=C\C/C=C\CCCCCCCC(=O)OC[C@H](COC(=O)CCC/C=C\C/C=C\C/C=C\C/C=C\CCCCC)OC(=O)CCCCCCCCCCCCCCCCC. The van der Waals surface area contributed by atoms with Gasteiger partial charge in [-0.1, -0.05) is 228 Å². The lowest BCUT2D eigenvalue weighted by atomic mass is 10.0. The van der Waals surface area contributed by atoms with Gasteiger partial charge < -0.3 is 14.2 Å². The van der Waals surface area contributed by atoms with E-state index >= 15 is 0 Å². The van der Waals surface area contributed by atoms with Gasteiger partial charge in [-0.2, -0.15) is 0 Å². The Labute approximate surface area is 401 Å². The van der Waals surface area contributed by atoms with Crippen LogP contribution in [0.5, 0.6) is 0 Å². The average molecular weight is 905 g/mol. The second kappa shape index (κ2) is 53.2. The van der Waals surface area contributed by atoms with E-state index in [1.807, 2.05) is 0 Å². The Bertz CT molecular complexity index is 1270. The molecule has 0 aromatic heterocycles. The molecule has 1 atom stereocenters. The molecule has 0 radical (unpaired) electrons. The summed E-state index contributed by atoms with van der Waals surface area (Å²) in [5.41, 5.74) is 0. The number of carbonyl (C=O) groups is 3. The predicted molar refractivity (Wildman–Crippen MR) is 279 cm³/mol. The maximum atomic E-state index is 12.8. The molecule has 0 aromatic carbocycles. The molecule has 65 heavy (non-hydrogen) atoms. The molecule has 0 rings (SSSR count). The average Bonchev–Trinajstić information content (AvgIpc) is 3.30. The molecule has 0 aromatic rings. The van der Waals surface area contributed by atoms with Gasteiger partial charge in [0.1, 0.15) is 13.2 Å². The maximum absolute atomic E-state index is 12.8. The number of rotatable bonds is 48. The quantitative estimate of drug-likeness (QED) is 0.0262. The third-order valence-electron chi connectivity index (χ3n) is 11.4. The summed E-state index contributed by atoms with van der Waals surface area (Å²) in [6.07, 6.45) is 68.5. The molecule has 0 aliphatic carbocycles. The van der Waals surface area contributed by atoms with Crippen molar-refractivity contribution in [1.82, 2.24) is 0 Å². The summed E-state index contributed by atoms with van der Waals surface area (Å²) in [6, 6.07) is 0. The van der Waals surface area contributed by atoms with Gasteiger partial charge in [0, 0.05) is 19.3 Å². The van der Waals surface area contributed by atoms with Crippen LogP contribution < -0.4 is 0 Å². The third-order valence-corrected chi connectivity index (χ3v) is 11.4. The summed E-state index contributed by atoms with van der Waals surface area (Å²) in [4.78, 5) is 38.0. The van der Waals surface area contributed by atoms with Gasteiger partial charge in [-0.05, 0) is 89.9 Å². The van der Waals surface area contributed by atoms with Crippen LogP contribution in [0.25, 0.3) is 0 Å². The van der Waals surface area contributed by atoms with Gasteiger partial charge in [0.05, 0.1) is 0 Å². The summed E-state index contributed by atoms with van der Waals surface area (Å²) in [6.45, 7) is 6.44. The standard InChI is InChI=1S/C59H100O6/c1-4-7-10-13-16-19-22-25-28-29-32-34-37-40-43-46-49-52-58(61)64-55-56(65-59(62)53-50-47-44-41-38-35-31-27-24-21-18-15-12-9-6-3)54-63-57(60)51-48-45-42-39-36-33-30-26-23-20-17-14-11-8-5-2/h8,11,16-17,19-20,25-26,28,30,32,34,40,43,56H,4-7,9-10,12-15,18,21-24,27,29,31,33,35-39,41-42,44-55H2,1-3H3/b11-8-,19-16-,20-17-,28-25-,30-26-,34-32-,43-40-/t56-/m1/s1. The molecular formula is C59H100O6. The highest BCUT2D eigenvalue weighted by molar-refractivity contribution is 5.71. The van der Waals surface area contributed by atoms with Crippen LogP contribution in [0.3, 0.4) is 0 Å². The van der Waals surface area contributed by atoms with E-state index in [2.05, 4.69) is 106 Å². The molecule has 0 amide bonds. The van der Waals surface area contributed by atoms with Crippen LogP contribution in [0.15, 0.2) is 85.1 Å². The van der Waals surface area contributed by atoms with E-state index < -0.39 is 6.10 Å². The first kappa shape index (κ1) is 61.6. The molecule has 0 heterocycles. The van der Waals surface area contributed by atoms with Gasteiger partial charge in [-0.25, -0.2) is 0 Å². The Morgan fingerprint density at radius 1 is 0.323 bits per heavy atom. The van der Waals surface area contributed by atoms with E-state index in [9.17, 15) is 14.4 Å². The van der Waals surface area contributed by atoms with Crippen molar-refractivity contribution in [1.29, 1.82) is 0 Å². The Morgan fingerprint density at radius 2 is 0.615 bits per heavy atom. The van der Waals surface area contributed by atoms with Crippen molar-refractivity contribution in [3.05, 3.63) is 85.1 Å². The van der Waals surface area contributed by atoms with E-state index in [1.165, 1.54) is 103 Å². The van der Waals surface area contributed by atoms with Gasteiger partial charge in [0.2, 0.25) is 0 Å². The van der Waals surface area contributed by atoms with Gasteiger partial charge in [-0.3, -0.25) is 14.4 Å². The molecule has 0 aliphatic rings. The minimum Gasteiger partial charge on any atom is -0.462 e. The van der Waals surface area contributed by atoms with Crippen molar-refractivity contribution in [3.63, 3.8) is 0 Å². The van der Waals surface area contributed by atoms with Crippen molar-refractivity contribution in [2.24, 2.45) is 0 Å². The highest BCUT2D eigenvalue weighted by Gasteiger charge is 2.19. The zero-order chi connectivity index (χ0) is 47.2.